The van der Waals surface area contributed by atoms with E-state index in [2.05, 4.69) is 5.32 Å². The van der Waals surface area contributed by atoms with Gasteiger partial charge in [-0.2, -0.15) is 0 Å². The Balaban J connectivity index is 2.24. The van der Waals surface area contributed by atoms with Crippen molar-refractivity contribution in [3.63, 3.8) is 0 Å². The van der Waals surface area contributed by atoms with Gasteiger partial charge in [-0.15, -0.1) is 0 Å². The van der Waals surface area contributed by atoms with Gasteiger partial charge in [0.25, 0.3) is 0 Å². The minimum atomic E-state index is -3.83. The summed E-state index contributed by atoms with van der Waals surface area (Å²) in [7, 11) is -3.83. The molecule has 2 rings (SSSR count). The number of rotatable bonds is 4. The number of amides is 1. The molecule has 2 aromatic rings. The SMILES string of the molecule is Cc1cccc(/C=C/C(=O)Nc2cc(S(N)(=O)=O)cc(C)c2C)c1. The molecule has 0 atom stereocenters. The Labute approximate surface area is 142 Å². The number of carbonyl (C=O) groups is 1. The van der Waals surface area contributed by atoms with Crippen molar-refractivity contribution in [3.05, 3.63) is 64.7 Å². The number of primary sulfonamides is 1. The zero-order valence-electron chi connectivity index (χ0n) is 13.8. The van der Waals surface area contributed by atoms with Gasteiger partial charge in [0.15, 0.2) is 0 Å². The average molecular weight is 344 g/mol. The van der Waals surface area contributed by atoms with Crippen molar-refractivity contribution >= 4 is 27.7 Å². The zero-order valence-corrected chi connectivity index (χ0v) is 14.6. The van der Waals surface area contributed by atoms with Crippen molar-refractivity contribution in [1.29, 1.82) is 0 Å². The van der Waals surface area contributed by atoms with Crippen LogP contribution in [0.15, 0.2) is 47.4 Å². The lowest BCUT2D eigenvalue weighted by molar-refractivity contribution is -0.111. The Morgan fingerprint density at radius 1 is 1.12 bits per heavy atom. The molecule has 3 N–H and O–H groups in total. The van der Waals surface area contributed by atoms with Gasteiger partial charge in [0.1, 0.15) is 0 Å². The monoisotopic (exact) mass is 344 g/mol. The van der Waals surface area contributed by atoms with E-state index in [9.17, 15) is 13.2 Å². The third kappa shape index (κ3) is 4.53. The molecule has 24 heavy (non-hydrogen) atoms. The maximum atomic E-state index is 12.1. The maximum absolute atomic E-state index is 12.1. The summed E-state index contributed by atoms with van der Waals surface area (Å²) in [6.45, 7) is 5.55. The predicted octanol–water partition coefficient (Wildman–Crippen LogP) is 2.91. The van der Waals surface area contributed by atoms with E-state index in [-0.39, 0.29) is 10.8 Å². The molecule has 0 aliphatic carbocycles. The summed E-state index contributed by atoms with van der Waals surface area (Å²) in [6.07, 6.45) is 3.11. The molecule has 2 aromatic carbocycles. The van der Waals surface area contributed by atoms with Crippen molar-refractivity contribution < 1.29 is 13.2 Å². The Morgan fingerprint density at radius 3 is 2.46 bits per heavy atom. The third-order valence-corrected chi connectivity index (χ3v) is 4.59. The number of benzene rings is 2. The van der Waals surface area contributed by atoms with Crippen molar-refractivity contribution in [2.24, 2.45) is 5.14 Å². The van der Waals surface area contributed by atoms with Crippen LogP contribution in [0.3, 0.4) is 0 Å². The highest BCUT2D eigenvalue weighted by atomic mass is 32.2. The van der Waals surface area contributed by atoms with E-state index in [1.54, 1.807) is 13.0 Å². The van der Waals surface area contributed by atoms with Gasteiger partial charge in [0.05, 0.1) is 4.90 Å². The van der Waals surface area contributed by atoms with Crippen LogP contribution in [0.1, 0.15) is 22.3 Å². The maximum Gasteiger partial charge on any atom is 0.248 e. The molecule has 1 amide bonds. The Kier molecular flexibility index (Phi) is 5.21. The van der Waals surface area contributed by atoms with Crippen LogP contribution in [0.4, 0.5) is 5.69 Å². The van der Waals surface area contributed by atoms with Crippen LogP contribution in [0, 0.1) is 20.8 Å². The van der Waals surface area contributed by atoms with E-state index in [4.69, 9.17) is 5.14 Å². The number of carbonyl (C=O) groups excluding carboxylic acids is 1. The van der Waals surface area contributed by atoms with E-state index in [1.165, 1.54) is 18.2 Å². The average Bonchev–Trinajstić information content (AvgIpc) is 2.48. The highest BCUT2D eigenvalue weighted by Crippen LogP contribution is 2.23. The van der Waals surface area contributed by atoms with Gasteiger partial charge in [0, 0.05) is 11.8 Å². The Hall–Kier alpha value is -2.44. The second-order valence-electron chi connectivity index (χ2n) is 5.69. The minimum Gasteiger partial charge on any atom is -0.322 e. The first-order chi connectivity index (χ1) is 11.2. The molecular formula is C18H20N2O3S. The van der Waals surface area contributed by atoms with Crippen molar-refractivity contribution in [3.8, 4) is 0 Å². The lowest BCUT2D eigenvalue weighted by Gasteiger charge is -2.11. The summed E-state index contributed by atoms with van der Waals surface area (Å²) in [5.74, 6) is -0.342. The first-order valence-electron chi connectivity index (χ1n) is 7.36. The molecule has 0 spiro atoms. The van der Waals surface area contributed by atoms with Crippen LogP contribution in [-0.2, 0) is 14.8 Å². The number of nitrogens with two attached hydrogens (primary N) is 1. The summed E-state index contributed by atoms with van der Waals surface area (Å²) in [6, 6.07) is 10.6. The van der Waals surface area contributed by atoms with Crippen LogP contribution in [-0.4, -0.2) is 14.3 Å². The van der Waals surface area contributed by atoms with Gasteiger partial charge in [-0.3, -0.25) is 4.79 Å². The molecule has 6 heteroatoms. The number of hydrogen-bond donors (Lipinski definition) is 2. The van der Waals surface area contributed by atoms with Crippen molar-refractivity contribution in [2.75, 3.05) is 5.32 Å². The largest absolute Gasteiger partial charge is 0.322 e. The number of aryl methyl sites for hydroxylation is 2. The minimum absolute atomic E-state index is 0.0245. The molecule has 0 radical (unpaired) electrons. The fourth-order valence-corrected chi connectivity index (χ4v) is 2.86. The Morgan fingerprint density at radius 2 is 1.83 bits per heavy atom. The quantitative estimate of drug-likeness (QED) is 0.836. The topological polar surface area (TPSA) is 89.3 Å². The first-order valence-corrected chi connectivity index (χ1v) is 8.91. The number of sulfonamides is 1. The van der Waals surface area contributed by atoms with E-state index >= 15 is 0 Å². The molecule has 0 aliphatic heterocycles. The lowest BCUT2D eigenvalue weighted by Crippen LogP contribution is -2.15. The Bertz CT molecular complexity index is 916. The van der Waals surface area contributed by atoms with Gasteiger partial charge in [-0.1, -0.05) is 29.8 Å². The van der Waals surface area contributed by atoms with E-state index < -0.39 is 10.0 Å². The molecule has 0 saturated carbocycles. The fraction of sp³-hybridized carbons (Fsp3) is 0.167. The number of hydrogen-bond acceptors (Lipinski definition) is 3. The smallest absolute Gasteiger partial charge is 0.248 e. The summed E-state index contributed by atoms with van der Waals surface area (Å²) in [5.41, 5.74) is 3.97. The van der Waals surface area contributed by atoms with Crippen LogP contribution >= 0.6 is 0 Å². The standard InChI is InChI=1S/C18H20N2O3S/c1-12-5-4-6-15(9-12)7-8-18(21)20-17-11-16(24(19,22)23)10-13(2)14(17)3/h4-11H,1-3H3,(H,20,21)(H2,19,22,23)/b8-7+. The molecule has 5 nitrogen and oxygen atoms in total. The highest BCUT2D eigenvalue weighted by molar-refractivity contribution is 7.89. The normalized spacial score (nSPS) is 11.7. The van der Waals surface area contributed by atoms with Gasteiger partial charge >= 0.3 is 0 Å². The third-order valence-electron chi connectivity index (χ3n) is 3.70. The molecule has 126 valence electrons. The van der Waals surface area contributed by atoms with Gasteiger partial charge in [0.2, 0.25) is 15.9 Å². The van der Waals surface area contributed by atoms with Crippen molar-refractivity contribution in [1.82, 2.24) is 0 Å². The van der Waals surface area contributed by atoms with Gasteiger partial charge in [-0.05, 0) is 55.7 Å². The molecule has 0 fully saturated rings. The molecule has 0 saturated heterocycles. The second kappa shape index (κ2) is 6.98. The van der Waals surface area contributed by atoms with Crippen LogP contribution < -0.4 is 10.5 Å². The van der Waals surface area contributed by atoms with E-state index in [0.29, 0.717) is 5.69 Å². The fourth-order valence-electron chi connectivity index (χ4n) is 2.24. The predicted molar refractivity (Wildman–Crippen MR) is 96.1 cm³/mol. The molecule has 0 aliphatic rings. The first kappa shape index (κ1) is 17.9. The number of anilines is 1. The van der Waals surface area contributed by atoms with E-state index in [1.807, 2.05) is 38.1 Å². The zero-order chi connectivity index (χ0) is 17.9. The van der Waals surface area contributed by atoms with Crippen LogP contribution in [0.2, 0.25) is 0 Å². The van der Waals surface area contributed by atoms with Crippen LogP contribution in [0.25, 0.3) is 6.08 Å². The summed E-state index contributed by atoms with van der Waals surface area (Å²) < 4.78 is 23.1. The summed E-state index contributed by atoms with van der Waals surface area (Å²) in [4.78, 5) is 12.1. The summed E-state index contributed by atoms with van der Waals surface area (Å²) in [5, 5.41) is 7.87. The van der Waals surface area contributed by atoms with Gasteiger partial charge in [-0.25, -0.2) is 13.6 Å². The van der Waals surface area contributed by atoms with Crippen molar-refractivity contribution in [2.45, 2.75) is 25.7 Å². The van der Waals surface area contributed by atoms with Crippen LogP contribution in [0.5, 0.6) is 0 Å². The molecule has 0 unspecified atom stereocenters. The lowest BCUT2D eigenvalue weighted by atomic mass is 10.1. The molecular weight excluding hydrogens is 324 g/mol. The number of nitrogens with one attached hydrogen (secondary N) is 1. The molecule has 0 bridgehead atoms. The summed E-state index contributed by atoms with van der Waals surface area (Å²) >= 11 is 0. The molecule has 0 heterocycles. The second-order valence-corrected chi connectivity index (χ2v) is 7.26. The van der Waals surface area contributed by atoms with Gasteiger partial charge < -0.3 is 5.32 Å². The highest BCUT2D eigenvalue weighted by Gasteiger charge is 2.13. The molecule has 0 aromatic heterocycles. The van der Waals surface area contributed by atoms with E-state index in [0.717, 1.165) is 22.3 Å².